The van der Waals surface area contributed by atoms with Crippen molar-refractivity contribution in [3.63, 3.8) is 0 Å². The fourth-order valence-electron chi connectivity index (χ4n) is 2.91. The van der Waals surface area contributed by atoms with Crippen LogP contribution in [0.1, 0.15) is 39.7 Å². The van der Waals surface area contributed by atoms with E-state index in [0.29, 0.717) is 5.41 Å². The quantitative estimate of drug-likeness (QED) is 0.888. The highest BCUT2D eigenvalue weighted by Crippen LogP contribution is 2.36. The van der Waals surface area contributed by atoms with Gasteiger partial charge in [0.05, 0.1) is 0 Å². The molecule has 2 nitrogen and oxygen atoms in total. The zero-order chi connectivity index (χ0) is 13.9. The van der Waals surface area contributed by atoms with E-state index in [1.165, 1.54) is 30.8 Å². The Morgan fingerprint density at radius 3 is 2.63 bits per heavy atom. The zero-order valence-electron chi connectivity index (χ0n) is 12.9. The molecule has 0 saturated carbocycles. The van der Waals surface area contributed by atoms with Crippen LogP contribution in [0.15, 0.2) is 24.3 Å². The van der Waals surface area contributed by atoms with Gasteiger partial charge in [0.2, 0.25) is 0 Å². The summed E-state index contributed by atoms with van der Waals surface area (Å²) in [5, 5.41) is 3.44. The maximum absolute atomic E-state index is 3.44. The summed E-state index contributed by atoms with van der Waals surface area (Å²) in [7, 11) is 0. The van der Waals surface area contributed by atoms with Gasteiger partial charge in [0, 0.05) is 25.3 Å². The first-order chi connectivity index (χ1) is 9.02. The maximum atomic E-state index is 3.44. The van der Waals surface area contributed by atoms with Crippen molar-refractivity contribution in [2.24, 2.45) is 11.3 Å². The van der Waals surface area contributed by atoms with E-state index >= 15 is 0 Å². The Labute approximate surface area is 118 Å². The smallest absolute Gasteiger partial charge is 0.0411 e. The number of nitrogens with zero attached hydrogens (tertiary/aromatic N) is 1. The van der Waals surface area contributed by atoms with Crippen molar-refractivity contribution in [2.75, 3.05) is 24.5 Å². The summed E-state index contributed by atoms with van der Waals surface area (Å²) in [4.78, 5) is 2.57. The molecule has 1 heterocycles. The molecule has 1 unspecified atom stereocenters. The van der Waals surface area contributed by atoms with Gasteiger partial charge in [-0.15, -0.1) is 0 Å². The molecular formula is C17H28N2. The van der Waals surface area contributed by atoms with Gasteiger partial charge >= 0.3 is 0 Å². The SMILES string of the molecule is CCNCc1ccccc1N1CCC(C(C)(C)C)C1. The molecule has 1 fully saturated rings. The van der Waals surface area contributed by atoms with Crippen LogP contribution in [0.3, 0.4) is 0 Å². The van der Waals surface area contributed by atoms with Crippen molar-refractivity contribution in [2.45, 2.75) is 40.7 Å². The van der Waals surface area contributed by atoms with E-state index in [2.05, 4.69) is 62.2 Å². The number of rotatable bonds is 4. The summed E-state index contributed by atoms with van der Waals surface area (Å²) >= 11 is 0. The summed E-state index contributed by atoms with van der Waals surface area (Å²) in [6.07, 6.45) is 1.32. The monoisotopic (exact) mass is 260 g/mol. The topological polar surface area (TPSA) is 15.3 Å². The molecule has 1 saturated heterocycles. The predicted molar refractivity (Wildman–Crippen MR) is 83.6 cm³/mol. The second kappa shape index (κ2) is 5.96. The molecule has 1 aliphatic heterocycles. The van der Waals surface area contributed by atoms with Crippen LogP contribution in [-0.2, 0) is 6.54 Å². The van der Waals surface area contributed by atoms with E-state index in [1.807, 2.05) is 0 Å². The Kier molecular flexibility index (Phi) is 4.51. The van der Waals surface area contributed by atoms with Crippen molar-refractivity contribution in [3.8, 4) is 0 Å². The van der Waals surface area contributed by atoms with E-state index in [1.54, 1.807) is 0 Å². The van der Waals surface area contributed by atoms with Gasteiger partial charge in [-0.05, 0) is 35.9 Å². The van der Waals surface area contributed by atoms with Gasteiger partial charge in [-0.2, -0.15) is 0 Å². The fraction of sp³-hybridized carbons (Fsp3) is 0.647. The molecule has 1 atom stereocenters. The third-order valence-corrected chi connectivity index (χ3v) is 4.31. The molecule has 0 aliphatic carbocycles. The lowest BCUT2D eigenvalue weighted by Crippen LogP contribution is -2.27. The van der Waals surface area contributed by atoms with E-state index in [9.17, 15) is 0 Å². The summed E-state index contributed by atoms with van der Waals surface area (Å²) in [6.45, 7) is 13.7. The van der Waals surface area contributed by atoms with Gasteiger partial charge < -0.3 is 10.2 Å². The first kappa shape index (κ1) is 14.4. The molecule has 1 aromatic rings. The average molecular weight is 260 g/mol. The lowest BCUT2D eigenvalue weighted by Gasteiger charge is -2.28. The highest BCUT2D eigenvalue weighted by Gasteiger charge is 2.32. The third-order valence-electron chi connectivity index (χ3n) is 4.31. The number of anilines is 1. The molecule has 0 spiro atoms. The lowest BCUT2D eigenvalue weighted by atomic mass is 9.80. The molecule has 19 heavy (non-hydrogen) atoms. The maximum Gasteiger partial charge on any atom is 0.0411 e. The third kappa shape index (κ3) is 3.50. The number of benzene rings is 1. The van der Waals surface area contributed by atoms with E-state index in [0.717, 1.165) is 19.0 Å². The Bertz CT molecular complexity index is 406. The Morgan fingerprint density at radius 1 is 1.26 bits per heavy atom. The summed E-state index contributed by atoms with van der Waals surface area (Å²) in [5.74, 6) is 0.805. The summed E-state index contributed by atoms with van der Waals surface area (Å²) in [5.41, 5.74) is 3.28. The van der Waals surface area contributed by atoms with Gasteiger partial charge in [0.15, 0.2) is 0 Å². The van der Waals surface area contributed by atoms with Gasteiger partial charge in [0.1, 0.15) is 0 Å². The molecule has 1 aliphatic rings. The molecule has 2 heteroatoms. The summed E-state index contributed by atoms with van der Waals surface area (Å²) in [6, 6.07) is 8.84. The first-order valence-corrected chi connectivity index (χ1v) is 7.56. The minimum absolute atomic E-state index is 0.422. The molecule has 1 aromatic carbocycles. The number of nitrogens with one attached hydrogen (secondary N) is 1. The zero-order valence-corrected chi connectivity index (χ0v) is 12.9. The second-order valence-corrected chi connectivity index (χ2v) is 6.71. The highest BCUT2D eigenvalue weighted by molar-refractivity contribution is 5.54. The van der Waals surface area contributed by atoms with Crippen LogP contribution in [0.25, 0.3) is 0 Å². The van der Waals surface area contributed by atoms with E-state index < -0.39 is 0 Å². The first-order valence-electron chi connectivity index (χ1n) is 7.56. The molecular weight excluding hydrogens is 232 g/mol. The Hall–Kier alpha value is -1.02. The molecule has 1 N–H and O–H groups in total. The van der Waals surface area contributed by atoms with Crippen LogP contribution in [0.4, 0.5) is 5.69 Å². The van der Waals surface area contributed by atoms with Gasteiger partial charge in [-0.1, -0.05) is 45.9 Å². The average Bonchev–Trinajstić information content (AvgIpc) is 2.86. The molecule has 2 rings (SSSR count). The van der Waals surface area contributed by atoms with Crippen molar-refractivity contribution in [1.82, 2.24) is 5.32 Å². The molecule has 0 bridgehead atoms. The normalized spacial score (nSPS) is 20.0. The predicted octanol–water partition coefficient (Wildman–Crippen LogP) is 3.67. The molecule has 0 radical (unpaired) electrons. The standard InChI is InChI=1S/C17H28N2/c1-5-18-12-14-8-6-7-9-16(14)19-11-10-15(13-19)17(2,3)4/h6-9,15,18H,5,10-13H2,1-4H3. The largest absolute Gasteiger partial charge is 0.371 e. The van der Waals surface area contributed by atoms with Gasteiger partial charge in [-0.25, -0.2) is 0 Å². The lowest BCUT2D eigenvalue weighted by molar-refractivity contribution is 0.263. The van der Waals surface area contributed by atoms with Crippen LogP contribution in [0.5, 0.6) is 0 Å². The minimum Gasteiger partial charge on any atom is -0.371 e. The minimum atomic E-state index is 0.422. The van der Waals surface area contributed by atoms with Crippen LogP contribution < -0.4 is 10.2 Å². The van der Waals surface area contributed by atoms with Crippen molar-refractivity contribution < 1.29 is 0 Å². The highest BCUT2D eigenvalue weighted by atomic mass is 15.2. The Balaban J connectivity index is 2.10. The Morgan fingerprint density at radius 2 is 2.00 bits per heavy atom. The fourth-order valence-corrected chi connectivity index (χ4v) is 2.91. The van der Waals surface area contributed by atoms with Crippen molar-refractivity contribution in [3.05, 3.63) is 29.8 Å². The van der Waals surface area contributed by atoms with Crippen LogP contribution >= 0.6 is 0 Å². The second-order valence-electron chi connectivity index (χ2n) is 6.71. The van der Waals surface area contributed by atoms with Crippen LogP contribution in [-0.4, -0.2) is 19.6 Å². The number of para-hydroxylation sites is 1. The summed E-state index contributed by atoms with van der Waals surface area (Å²) < 4.78 is 0. The van der Waals surface area contributed by atoms with Crippen LogP contribution in [0, 0.1) is 11.3 Å². The molecule has 0 amide bonds. The van der Waals surface area contributed by atoms with Gasteiger partial charge in [0.25, 0.3) is 0 Å². The van der Waals surface area contributed by atoms with Gasteiger partial charge in [-0.3, -0.25) is 0 Å². The number of hydrogen-bond donors (Lipinski definition) is 1. The van der Waals surface area contributed by atoms with Crippen molar-refractivity contribution in [1.29, 1.82) is 0 Å². The van der Waals surface area contributed by atoms with E-state index in [-0.39, 0.29) is 0 Å². The van der Waals surface area contributed by atoms with Crippen LogP contribution in [0.2, 0.25) is 0 Å². The molecule has 0 aromatic heterocycles. The molecule has 106 valence electrons. The van der Waals surface area contributed by atoms with E-state index in [4.69, 9.17) is 0 Å². The van der Waals surface area contributed by atoms with Crippen molar-refractivity contribution >= 4 is 5.69 Å². The number of hydrogen-bond acceptors (Lipinski definition) is 2.